The Bertz CT molecular complexity index is 534. The number of hydrogen-bond donors (Lipinski definition) is 5. The van der Waals surface area contributed by atoms with Crippen LogP contribution < -0.4 is 0 Å². The van der Waals surface area contributed by atoms with E-state index in [0.717, 1.165) is 12.7 Å². The SMILES string of the molecule is C[C@@H]1CC[C@@H]2C(C(=O)O)=CO[C@H](O[C@@H]3O[C@H](CO)[C@@H](O)[C@H](O)[C@H]3O)[C@@H]12. The Morgan fingerprint density at radius 1 is 1.20 bits per heavy atom. The molecule has 2 heterocycles. The van der Waals surface area contributed by atoms with Crippen molar-refractivity contribution in [2.45, 2.75) is 56.8 Å². The highest BCUT2D eigenvalue weighted by molar-refractivity contribution is 5.87. The summed E-state index contributed by atoms with van der Waals surface area (Å²) in [5.41, 5.74) is 0.197. The maximum atomic E-state index is 11.4. The van der Waals surface area contributed by atoms with Gasteiger partial charge in [0.05, 0.1) is 18.4 Å². The second-order valence-electron chi connectivity index (χ2n) is 6.95. The molecule has 25 heavy (non-hydrogen) atoms. The van der Waals surface area contributed by atoms with Gasteiger partial charge in [-0.25, -0.2) is 4.79 Å². The average Bonchev–Trinajstić information content (AvgIpc) is 2.97. The van der Waals surface area contributed by atoms with Crippen LogP contribution in [-0.2, 0) is 19.0 Å². The number of ether oxygens (including phenoxy) is 3. The first-order valence-electron chi connectivity index (χ1n) is 8.40. The van der Waals surface area contributed by atoms with Crippen LogP contribution in [0.25, 0.3) is 0 Å². The molecule has 2 aliphatic heterocycles. The van der Waals surface area contributed by atoms with E-state index in [0.29, 0.717) is 6.42 Å². The van der Waals surface area contributed by atoms with Crippen LogP contribution in [-0.4, -0.2) is 75.1 Å². The summed E-state index contributed by atoms with van der Waals surface area (Å²) < 4.78 is 16.5. The van der Waals surface area contributed by atoms with Crippen molar-refractivity contribution < 1.29 is 44.5 Å². The minimum atomic E-state index is -1.54. The molecule has 0 aromatic heterocycles. The summed E-state index contributed by atoms with van der Waals surface area (Å²) in [4.78, 5) is 11.4. The van der Waals surface area contributed by atoms with E-state index < -0.39 is 49.6 Å². The molecule has 142 valence electrons. The van der Waals surface area contributed by atoms with Crippen LogP contribution in [0.1, 0.15) is 19.8 Å². The zero-order valence-electron chi connectivity index (χ0n) is 13.8. The molecular weight excluding hydrogens is 336 g/mol. The summed E-state index contributed by atoms with van der Waals surface area (Å²) in [6.07, 6.45) is -5.10. The number of aliphatic carboxylic acids is 1. The van der Waals surface area contributed by atoms with E-state index in [1.54, 1.807) is 0 Å². The lowest BCUT2D eigenvalue weighted by molar-refractivity contribution is -0.342. The standard InChI is InChI=1S/C16H24O9/c1-6-2-3-7-8(14(21)22)5-23-15(10(6)7)25-16-13(20)12(19)11(18)9(4-17)24-16/h5-7,9-13,15-20H,2-4H2,1H3,(H,21,22)/t6-,7-,9-,10+,11-,12+,13-,15-,16+/m1/s1. The Morgan fingerprint density at radius 3 is 2.56 bits per heavy atom. The number of carboxylic acids is 1. The van der Waals surface area contributed by atoms with E-state index in [-0.39, 0.29) is 23.3 Å². The number of fused-ring (bicyclic) bond motifs is 1. The van der Waals surface area contributed by atoms with Crippen molar-refractivity contribution >= 4 is 5.97 Å². The molecule has 0 aromatic rings. The van der Waals surface area contributed by atoms with Gasteiger partial charge < -0.3 is 39.7 Å². The van der Waals surface area contributed by atoms with Gasteiger partial charge in [0, 0.05) is 11.8 Å². The molecule has 0 unspecified atom stereocenters. The van der Waals surface area contributed by atoms with E-state index in [2.05, 4.69) is 0 Å². The van der Waals surface area contributed by atoms with Gasteiger partial charge in [0.2, 0.25) is 6.29 Å². The van der Waals surface area contributed by atoms with Gasteiger partial charge in [-0.2, -0.15) is 0 Å². The summed E-state index contributed by atoms with van der Waals surface area (Å²) >= 11 is 0. The third-order valence-electron chi connectivity index (χ3n) is 5.46. The highest BCUT2D eigenvalue weighted by Gasteiger charge is 2.50. The number of carboxylic acid groups (broad SMARTS) is 1. The van der Waals surface area contributed by atoms with Crippen LogP contribution in [0.15, 0.2) is 11.8 Å². The Kier molecular flexibility index (Phi) is 5.33. The molecule has 1 saturated carbocycles. The Morgan fingerprint density at radius 2 is 1.92 bits per heavy atom. The third kappa shape index (κ3) is 3.27. The van der Waals surface area contributed by atoms with E-state index in [9.17, 15) is 30.3 Å². The van der Waals surface area contributed by atoms with Crippen molar-refractivity contribution in [1.29, 1.82) is 0 Å². The topological polar surface area (TPSA) is 146 Å². The number of carbonyl (C=O) groups is 1. The van der Waals surface area contributed by atoms with Gasteiger partial charge >= 0.3 is 5.97 Å². The summed E-state index contributed by atoms with van der Waals surface area (Å²) in [6.45, 7) is 1.42. The van der Waals surface area contributed by atoms with Gasteiger partial charge in [0.1, 0.15) is 24.4 Å². The quantitative estimate of drug-likeness (QED) is 0.417. The highest BCUT2D eigenvalue weighted by Crippen LogP contribution is 2.47. The Labute approximate surface area is 144 Å². The predicted molar refractivity (Wildman–Crippen MR) is 80.8 cm³/mol. The van der Waals surface area contributed by atoms with Crippen LogP contribution in [0, 0.1) is 17.8 Å². The van der Waals surface area contributed by atoms with Crippen LogP contribution in [0.3, 0.4) is 0 Å². The molecule has 0 radical (unpaired) electrons. The van der Waals surface area contributed by atoms with Crippen molar-refractivity contribution in [3.63, 3.8) is 0 Å². The smallest absolute Gasteiger partial charge is 0.334 e. The normalized spacial score (nSPS) is 46.9. The fraction of sp³-hybridized carbons (Fsp3) is 0.812. The van der Waals surface area contributed by atoms with Crippen molar-refractivity contribution in [2.24, 2.45) is 17.8 Å². The average molecular weight is 360 g/mol. The first kappa shape index (κ1) is 18.6. The van der Waals surface area contributed by atoms with Crippen LogP contribution in [0.2, 0.25) is 0 Å². The summed E-state index contributed by atoms with van der Waals surface area (Å²) in [5.74, 6) is -1.35. The fourth-order valence-electron chi connectivity index (χ4n) is 4.01. The number of hydrogen-bond acceptors (Lipinski definition) is 8. The van der Waals surface area contributed by atoms with Gasteiger partial charge in [-0.1, -0.05) is 6.92 Å². The largest absolute Gasteiger partial charge is 0.478 e. The molecule has 3 rings (SSSR count). The van der Waals surface area contributed by atoms with Crippen LogP contribution in [0.5, 0.6) is 0 Å². The van der Waals surface area contributed by atoms with Crippen molar-refractivity contribution in [1.82, 2.24) is 0 Å². The molecule has 0 amide bonds. The van der Waals surface area contributed by atoms with Gasteiger partial charge in [0.25, 0.3) is 0 Å². The lowest BCUT2D eigenvalue weighted by Gasteiger charge is -2.43. The molecule has 0 spiro atoms. The van der Waals surface area contributed by atoms with Crippen molar-refractivity contribution in [3.8, 4) is 0 Å². The molecule has 0 aromatic carbocycles. The highest BCUT2D eigenvalue weighted by atomic mass is 16.8. The Hall–Kier alpha value is -1.23. The molecule has 1 saturated heterocycles. The first-order valence-corrected chi connectivity index (χ1v) is 8.40. The molecule has 9 atom stereocenters. The predicted octanol–water partition coefficient (Wildman–Crippen LogP) is -1.21. The van der Waals surface area contributed by atoms with E-state index in [1.165, 1.54) is 0 Å². The zero-order valence-corrected chi connectivity index (χ0v) is 13.8. The minimum absolute atomic E-state index is 0.142. The molecule has 5 N–H and O–H groups in total. The minimum Gasteiger partial charge on any atom is -0.478 e. The van der Waals surface area contributed by atoms with E-state index >= 15 is 0 Å². The summed E-state index contributed by atoms with van der Waals surface area (Å²) in [5, 5.41) is 48.3. The van der Waals surface area contributed by atoms with Gasteiger partial charge in [-0.05, 0) is 18.8 Å². The molecule has 2 fully saturated rings. The second-order valence-corrected chi connectivity index (χ2v) is 6.95. The maximum absolute atomic E-state index is 11.4. The Balaban J connectivity index is 1.77. The number of rotatable bonds is 4. The third-order valence-corrected chi connectivity index (χ3v) is 5.46. The number of aliphatic hydroxyl groups excluding tert-OH is 4. The fourth-order valence-corrected chi connectivity index (χ4v) is 4.01. The zero-order chi connectivity index (χ0) is 18.3. The van der Waals surface area contributed by atoms with E-state index in [4.69, 9.17) is 14.2 Å². The monoisotopic (exact) mass is 360 g/mol. The lowest BCUT2D eigenvalue weighted by Crippen LogP contribution is -2.60. The molecule has 9 heteroatoms. The maximum Gasteiger partial charge on any atom is 0.334 e. The van der Waals surface area contributed by atoms with Crippen LogP contribution >= 0.6 is 0 Å². The molecule has 3 aliphatic rings. The van der Waals surface area contributed by atoms with Crippen molar-refractivity contribution in [2.75, 3.05) is 6.61 Å². The van der Waals surface area contributed by atoms with Gasteiger partial charge in [-0.15, -0.1) is 0 Å². The van der Waals surface area contributed by atoms with Crippen LogP contribution in [0.4, 0.5) is 0 Å². The molecular formula is C16H24O9. The number of aliphatic hydroxyl groups is 4. The van der Waals surface area contributed by atoms with Crippen molar-refractivity contribution in [3.05, 3.63) is 11.8 Å². The second kappa shape index (κ2) is 7.18. The molecule has 1 aliphatic carbocycles. The summed E-state index contributed by atoms with van der Waals surface area (Å²) in [6, 6.07) is 0. The van der Waals surface area contributed by atoms with Gasteiger partial charge in [0.15, 0.2) is 6.29 Å². The lowest BCUT2D eigenvalue weighted by atomic mass is 9.83. The first-order chi connectivity index (χ1) is 11.8. The molecule has 0 bridgehead atoms. The summed E-state index contributed by atoms with van der Waals surface area (Å²) in [7, 11) is 0. The van der Waals surface area contributed by atoms with E-state index in [1.807, 2.05) is 6.92 Å². The van der Waals surface area contributed by atoms with Gasteiger partial charge in [-0.3, -0.25) is 0 Å². The molecule has 9 nitrogen and oxygen atoms in total.